The molecule has 1 aromatic heterocycles. The van der Waals surface area contributed by atoms with E-state index in [4.69, 9.17) is 5.11 Å². The third-order valence-electron chi connectivity index (χ3n) is 1.04. The number of aromatic carboxylic acids is 1. The largest absolute Gasteiger partial charge is 0.475 e. The van der Waals surface area contributed by atoms with Crippen LogP contribution in [0.25, 0.3) is 0 Å². The van der Waals surface area contributed by atoms with E-state index < -0.39 is 18.4 Å². The molecule has 0 fully saturated rings. The molecular formula is C6H4F2N2O3. The van der Waals surface area contributed by atoms with Gasteiger partial charge >= 0.3 is 12.6 Å². The lowest BCUT2D eigenvalue weighted by Gasteiger charge is -2.01. The summed E-state index contributed by atoms with van der Waals surface area (Å²) in [6.07, 6.45) is 1.73. The van der Waals surface area contributed by atoms with Crippen molar-refractivity contribution in [3.8, 4) is 5.75 Å². The predicted molar refractivity (Wildman–Crippen MR) is 35.6 cm³/mol. The SMILES string of the molecule is O=C(O)c1ncc(OC(F)F)cn1. The van der Waals surface area contributed by atoms with Crippen molar-refractivity contribution in [1.29, 1.82) is 0 Å². The van der Waals surface area contributed by atoms with Gasteiger partial charge in [-0.1, -0.05) is 0 Å². The summed E-state index contributed by atoms with van der Waals surface area (Å²) in [7, 11) is 0. The van der Waals surface area contributed by atoms with Gasteiger partial charge in [0.05, 0.1) is 12.4 Å². The summed E-state index contributed by atoms with van der Waals surface area (Å²) in [6.45, 7) is -2.97. The van der Waals surface area contributed by atoms with E-state index in [0.29, 0.717) is 0 Å². The lowest BCUT2D eigenvalue weighted by atomic mass is 10.5. The Labute approximate surface area is 71.0 Å². The van der Waals surface area contributed by atoms with Gasteiger partial charge in [-0.25, -0.2) is 14.8 Å². The van der Waals surface area contributed by atoms with Crippen LogP contribution < -0.4 is 4.74 Å². The van der Waals surface area contributed by atoms with Crippen LogP contribution in [-0.4, -0.2) is 27.7 Å². The number of aromatic nitrogens is 2. The second-order valence-corrected chi connectivity index (χ2v) is 1.93. The number of halogens is 2. The Bertz CT molecular complexity index is 301. The molecule has 70 valence electrons. The third-order valence-corrected chi connectivity index (χ3v) is 1.04. The second-order valence-electron chi connectivity index (χ2n) is 1.93. The van der Waals surface area contributed by atoms with Crippen LogP contribution in [-0.2, 0) is 0 Å². The third kappa shape index (κ3) is 2.62. The zero-order chi connectivity index (χ0) is 9.84. The number of nitrogens with zero attached hydrogens (tertiary/aromatic N) is 2. The number of alkyl halides is 2. The molecule has 0 saturated heterocycles. The smallest absolute Gasteiger partial charge is 0.387 e. The minimum atomic E-state index is -2.97. The van der Waals surface area contributed by atoms with Gasteiger partial charge in [-0.3, -0.25) is 0 Å². The Morgan fingerprint density at radius 1 is 1.46 bits per heavy atom. The summed E-state index contributed by atoms with van der Waals surface area (Å²) < 4.78 is 27.1. The summed E-state index contributed by atoms with van der Waals surface area (Å²) in [4.78, 5) is 16.7. The fraction of sp³-hybridized carbons (Fsp3) is 0.167. The van der Waals surface area contributed by atoms with Gasteiger partial charge in [-0.05, 0) is 0 Å². The highest BCUT2D eigenvalue weighted by molar-refractivity contribution is 5.82. The summed E-state index contributed by atoms with van der Waals surface area (Å²) in [5, 5.41) is 8.34. The van der Waals surface area contributed by atoms with Crippen molar-refractivity contribution in [3.05, 3.63) is 18.2 Å². The van der Waals surface area contributed by atoms with Gasteiger partial charge in [0.1, 0.15) is 0 Å². The van der Waals surface area contributed by atoms with Crippen molar-refractivity contribution in [2.24, 2.45) is 0 Å². The van der Waals surface area contributed by atoms with Gasteiger partial charge in [-0.15, -0.1) is 0 Å². The normalized spacial score (nSPS) is 10.1. The van der Waals surface area contributed by atoms with Crippen LogP contribution in [0.1, 0.15) is 10.6 Å². The van der Waals surface area contributed by atoms with Crippen molar-refractivity contribution in [1.82, 2.24) is 9.97 Å². The molecule has 0 aliphatic carbocycles. The fourth-order valence-corrected chi connectivity index (χ4v) is 0.590. The highest BCUT2D eigenvalue weighted by atomic mass is 19.3. The summed E-state index contributed by atoms with van der Waals surface area (Å²) in [6, 6.07) is 0. The van der Waals surface area contributed by atoms with Gasteiger partial charge in [0.2, 0.25) is 5.82 Å². The molecule has 1 rings (SSSR count). The maximum atomic E-state index is 11.6. The standard InChI is InChI=1S/C6H4F2N2O3/c7-6(8)13-3-1-9-4(5(11)12)10-2-3/h1-2,6H,(H,11,12). The minimum Gasteiger partial charge on any atom is -0.475 e. The van der Waals surface area contributed by atoms with Crippen molar-refractivity contribution in [2.75, 3.05) is 0 Å². The number of hydrogen-bond acceptors (Lipinski definition) is 4. The first-order valence-electron chi connectivity index (χ1n) is 3.09. The second kappa shape index (κ2) is 3.74. The molecule has 0 saturated carbocycles. The topological polar surface area (TPSA) is 72.3 Å². The molecule has 0 spiro atoms. The zero-order valence-corrected chi connectivity index (χ0v) is 6.15. The van der Waals surface area contributed by atoms with E-state index >= 15 is 0 Å². The number of carboxylic acid groups (broad SMARTS) is 1. The molecule has 0 bridgehead atoms. The first-order chi connectivity index (χ1) is 6.09. The molecule has 1 heterocycles. The molecule has 1 N–H and O–H groups in total. The Kier molecular flexibility index (Phi) is 2.68. The first-order valence-corrected chi connectivity index (χ1v) is 3.09. The highest BCUT2D eigenvalue weighted by Gasteiger charge is 2.08. The van der Waals surface area contributed by atoms with Crippen LogP contribution in [0.5, 0.6) is 5.75 Å². The first kappa shape index (κ1) is 9.30. The summed E-state index contributed by atoms with van der Waals surface area (Å²) >= 11 is 0. The van der Waals surface area contributed by atoms with E-state index in [1.165, 1.54) is 0 Å². The van der Waals surface area contributed by atoms with Crippen molar-refractivity contribution in [2.45, 2.75) is 6.61 Å². The lowest BCUT2D eigenvalue weighted by Crippen LogP contribution is -2.06. The van der Waals surface area contributed by atoms with Crippen molar-refractivity contribution in [3.63, 3.8) is 0 Å². The van der Waals surface area contributed by atoms with Crippen LogP contribution in [0.2, 0.25) is 0 Å². The van der Waals surface area contributed by atoms with E-state index in [1.54, 1.807) is 0 Å². The monoisotopic (exact) mass is 190 g/mol. The minimum absolute atomic E-state index is 0.278. The number of carbonyl (C=O) groups is 1. The highest BCUT2D eigenvalue weighted by Crippen LogP contribution is 2.09. The number of hydrogen-bond donors (Lipinski definition) is 1. The number of carboxylic acids is 1. The Hall–Kier alpha value is -1.79. The molecule has 13 heavy (non-hydrogen) atoms. The average molecular weight is 190 g/mol. The molecule has 0 atom stereocenters. The molecular weight excluding hydrogens is 186 g/mol. The Morgan fingerprint density at radius 3 is 2.38 bits per heavy atom. The molecule has 7 heteroatoms. The zero-order valence-electron chi connectivity index (χ0n) is 6.15. The van der Waals surface area contributed by atoms with E-state index in [-0.39, 0.29) is 5.75 Å². The van der Waals surface area contributed by atoms with Gasteiger partial charge in [-0.2, -0.15) is 8.78 Å². The van der Waals surface area contributed by atoms with Gasteiger partial charge in [0.25, 0.3) is 0 Å². The molecule has 0 aliphatic rings. The molecule has 0 unspecified atom stereocenters. The van der Waals surface area contributed by atoms with E-state index in [0.717, 1.165) is 12.4 Å². The number of rotatable bonds is 3. The molecule has 0 aromatic carbocycles. The van der Waals surface area contributed by atoms with Crippen LogP contribution >= 0.6 is 0 Å². The van der Waals surface area contributed by atoms with Gasteiger partial charge in [0, 0.05) is 0 Å². The molecule has 5 nitrogen and oxygen atoms in total. The maximum Gasteiger partial charge on any atom is 0.387 e. The van der Waals surface area contributed by atoms with Gasteiger partial charge < -0.3 is 9.84 Å². The summed E-state index contributed by atoms with van der Waals surface area (Å²) in [5.74, 6) is -2.08. The van der Waals surface area contributed by atoms with Crippen molar-refractivity contribution < 1.29 is 23.4 Å². The lowest BCUT2D eigenvalue weighted by molar-refractivity contribution is -0.0503. The van der Waals surface area contributed by atoms with Crippen LogP contribution in [0.15, 0.2) is 12.4 Å². The number of ether oxygens (including phenoxy) is 1. The molecule has 1 aromatic rings. The van der Waals surface area contributed by atoms with E-state index in [1.807, 2.05) is 0 Å². The molecule has 0 radical (unpaired) electrons. The molecule has 0 aliphatic heterocycles. The fourth-order valence-electron chi connectivity index (χ4n) is 0.590. The average Bonchev–Trinajstić information content (AvgIpc) is 2.04. The maximum absolute atomic E-state index is 11.6. The molecule has 0 amide bonds. The Balaban J connectivity index is 2.75. The quantitative estimate of drug-likeness (QED) is 0.762. The van der Waals surface area contributed by atoms with Crippen LogP contribution in [0.3, 0.4) is 0 Å². The predicted octanol–water partition coefficient (Wildman–Crippen LogP) is 0.776. The summed E-state index contributed by atoms with van der Waals surface area (Å²) in [5.41, 5.74) is 0. The van der Waals surface area contributed by atoms with Crippen molar-refractivity contribution >= 4 is 5.97 Å². The van der Waals surface area contributed by atoms with E-state index in [2.05, 4.69) is 14.7 Å². The van der Waals surface area contributed by atoms with E-state index in [9.17, 15) is 13.6 Å². The Morgan fingerprint density at radius 2 is 2.00 bits per heavy atom. The van der Waals surface area contributed by atoms with Crippen LogP contribution in [0, 0.1) is 0 Å². The van der Waals surface area contributed by atoms with Crippen LogP contribution in [0.4, 0.5) is 8.78 Å². The van der Waals surface area contributed by atoms with Gasteiger partial charge in [0.15, 0.2) is 5.75 Å².